The van der Waals surface area contributed by atoms with Crippen molar-refractivity contribution in [2.45, 2.75) is 32.3 Å². The molecule has 94 valence electrons. The Labute approximate surface area is 111 Å². The molecule has 0 atom stereocenters. The summed E-state index contributed by atoms with van der Waals surface area (Å²) in [6.45, 7) is 0.385. The van der Waals surface area contributed by atoms with E-state index in [0.29, 0.717) is 6.61 Å². The van der Waals surface area contributed by atoms with Crippen molar-refractivity contribution in [3.8, 4) is 11.3 Å². The van der Waals surface area contributed by atoms with Crippen LogP contribution in [0, 0.1) is 0 Å². The number of nitrogens with zero attached hydrogens (tertiary/aromatic N) is 1. The van der Waals surface area contributed by atoms with Gasteiger partial charge in [-0.15, -0.1) is 11.3 Å². The maximum Gasteiger partial charge on any atom is 0.121 e. The number of hydrogen-bond acceptors (Lipinski definition) is 4. The molecule has 2 aromatic rings. The average Bonchev–Trinajstić information content (AvgIpc) is 2.87. The quantitative estimate of drug-likeness (QED) is 0.863. The molecular formula is C14H16N2OS. The number of rotatable bonds is 3. The molecule has 1 heterocycles. The summed E-state index contributed by atoms with van der Waals surface area (Å²) in [5, 5.41) is 2.99. The highest BCUT2D eigenvalue weighted by molar-refractivity contribution is 7.09. The maximum atomic E-state index is 5.07. The Kier molecular flexibility index (Phi) is 3.41. The third kappa shape index (κ3) is 2.32. The number of fused-ring (bicyclic) bond motifs is 1. The van der Waals surface area contributed by atoms with Crippen molar-refractivity contribution in [2.75, 3.05) is 0 Å². The summed E-state index contributed by atoms with van der Waals surface area (Å²) < 4.78 is 0. The Morgan fingerprint density at radius 2 is 2.06 bits per heavy atom. The Morgan fingerprint density at radius 1 is 1.22 bits per heavy atom. The number of benzene rings is 1. The Bertz CT molecular complexity index is 550. The van der Waals surface area contributed by atoms with Crippen molar-refractivity contribution in [1.82, 2.24) is 4.98 Å². The van der Waals surface area contributed by atoms with Crippen molar-refractivity contribution >= 4 is 11.3 Å². The van der Waals surface area contributed by atoms with Crippen LogP contribution in [0.2, 0.25) is 0 Å². The number of nitrogens with two attached hydrogens (primary N) is 1. The van der Waals surface area contributed by atoms with Crippen LogP contribution >= 0.6 is 11.3 Å². The highest BCUT2D eigenvalue weighted by Gasteiger charge is 2.11. The van der Waals surface area contributed by atoms with Gasteiger partial charge in [0.05, 0.1) is 5.69 Å². The van der Waals surface area contributed by atoms with Crippen molar-refractivity contribution < 1.29 is 4.84 Å². The highest BCUT2D eigenvalue weighted by atomic mass is 32.1. The maximum absolute atomic E-state index is 5.07. The van der Waals surface area contributed by atoms with Crippen LogP contribution in [0.4, 0.5) is 0 Å². The zero-order valence-corrected chi connectivity index (χ0v) is 11.0. The predicted molar refractivity (Wildman–Crippen MR) is 73.2 cm³/mol. The molecule has 0 bridgehead atoms. The minimum atomic E-state index is 0.385. The molecule has 0 unspecified atom stereocenters. The number of thiazole rings is 1. The van der Waals surface area contributed by atoms with E-state index in [1.165, 1.54) is 42.4 Å². The minimum Gasteiger partial charge on any atom is -0.297 e. The first-order valence-corrected chi connectivity index (χ1v) is 7.13. The zero-order chi connectivity index (χ0) is 12.4. The summed E-state index contributed by atoms with van der Waals surface area (Å²) in [4.78, 5) is 9.15. The summed E-state index contributed by atoms with van der Waals surface area (Å²) >= 11 is 1.59. The average molecular weight is 260 g/mol. The van der Waals surface area contributed by atoms with E-state index in [9.17, 15) is 0 Å². The van der Waals surface area contributed by atoms with E-state index >= 15 is 0 Å². The second kappa shape index (κ2) is 5.18. The van der Waals surface area contributed by atoms with Gasteiger partial charge in [0.2, 0.25) is 0 Å². The zero-order valence-electron chi connectivity index (χ0n) is 10.2. The molecule has 18 heavy (non-hydrogen) atoms. The van der Waals surface area contributed by atoms with Crippen LogP contribution in [0.5, 0.6) is 0 Å². The molecule has 1 aliphatic rings. The van der Waals surface area contributed by atoms with Gasteiger partial charge in [0, 0.05) is 10.9 Å². The van der Waals surface area contributed by atoms with Gasteiger partial charge < -0.3 is 0 Å². The lowest BCUT2D eigenvalue weighted by atomic mass is 9.90. The van der Waals surface area contributed by atoms with Gasteiger partial charge in [-0.2, -0.15) is 0 Å². The third-order valence-corrected chi connectivity index (χ3v) is 4.23. The molecular weight excluding hydrogens is 244 g/mol. The van der Waals surface area contributed by atoms with Crippen LogP contribution < -0.4 is 5.90 Å². The lowest BCUT2D eigenvalue weighted by Crippen LogP contribution is -2.02. The van der Waals surface area contributed by atoms with Crippen LogP contribution in [0.1, 0.15) is 29.0 Å². The number of aryl methyl sites for hydroxylation is 2. The number of hydrogen-bond donors (Lipinski definition) is 1. The van der Waals surface area contributed by atoms with E-state index in [2.05, 4.69) is 33.4 Å². The molecule has 0 saturated carbocycles. The Morgan fingerprint density at radius 3 is 2.89 bits per heavy atom. The smallest absolute Gasteiger partial charge is 0.121 e. The topological polar surface area (TPSA) is 48.1 Å². The molecule has 1 aromatic heterocycles. The molecule has 0 radical (unpaired) electrons. The molecule has 2 N–H and O–H groups in total. The summed E-state index contributed by atoms with van der Waals surface area (Å²) in [5.74, 6) is 5.07. The summed E-state index contributed by atoms with van der Waals surface area (Å²) in [6.07, 6.45) is 5.05. The molecule has 1 aromatic carbocycles. The van der Waals surface area contributed by atoms with Crippen molar-refractivity contribution in [1.29, 1.82) is 0 Å². The normalized spacial score (nSPS) is 14.5. The van der Waals surface area contributed by atoms with Crippen molar-refractivity contribution in [3.05, 3.63) is 39.7 Å². The fourth-order valence-electron chi connectivity index (χ4n) is 2.47. The fourth-order valence-corrected chi connectivity index (χ4v) is 3.20. The Balaban J connectivity index is 1.91. The van der Waals surface area contributed by atoms with E-state index in [1.54, 1.807) is 11.3 Å². The summed E-state index contributed by atoms with van der Waals surface area (Å²) in [7, 11) is 0. The van der Waals surface area contributed by atoms with Crippen LogP contribution in [-0.2, 0) is 24.3 Å². The van der Waals surface area contributed by atoms with Gasteiger partial charge in [-0.3, -0.25) is 4.84 Å². The molecule has 4 heteroatoms. The van der Waals surface area contributed by atoms with E-state index in [-0.39, 0.29) is 0 Å². The monoisotopic (exact) mass is 260 g/mol. The molecule has 1 aliphatic carbocycles. The van der Waals surface area contributed by atoms with E-state index in [1.807, 2.05) is 0 Å². The largest absolute Gasteiger partial charge is 0.297 e. The number of aromatic nitrogens is 1. The first-order chi connectivity index (χ1) is 8.86. The van der Waals surface area contributed by atoms with E-state index in [4.69, 9.17) is 5.90 Å². The van der Waals surface area contributed by atoms with E-state index < -0.39 is 0 Å². The second-order valence-electron chi connectivity index (χ2n) is 4.63. The molecule has 3 rings (SSSR count). The molecule has 0 saturated heterocycles. The van der Waals surface area contributed by atoms with Crippen LogP contribution in [0.15, 0.2) is 23.6 Å². The first kappa shape index (κ1) is 11.8. The lowest BCUT2D eigenvalue weighted by Gasteiger charge is -2.16. The van der Waals surface area contributed by atoms with Gasteiger partial charge >= 0.3 is 0 Å². The molecule has 0 spiro atoms. The summed E-state index contributed by atoms with van der Waals surface area (Å²) in [6, 6.07) is 6.71. The second-order valence-corrected chi connectivity index (χ2v) is 5.57. The highest BCUT2D eigenvalue weighted by Crippen LogP contribution is 2.28. The van der Waals surface area contributed by atoms with Gasteiger partial charge in [-0.25, -0.2) is 10.9 Å². The van der Waals surface area contributed by atoms with E-state index in [0.717, 1.165) is 10.7 Å². The van der Waals surface area contributed by atoms with Gasteiger partial charge in [0.25, 0.3) is 0 Å². The summed E-state index contributed by atoms with van der Waals surface area (Å²) in [5.41, 5.74) is 5.23. The Hall–Kier alpha value is -1.23. The third-order valence-electron chi connectivity index (χ3n) is 3.40. The van der Waals surface area contributed by atoms with Gasteiger partial charge in [0.15, 0.2) is 0 Å². The van der Waals surface area contributed by atoms with Crippen molar-refractivity contribution in [2.24, 2.45) is 5.90 Å². The van der Waals surface area contributed by atoms with Crippen molar-refractivity contribution in [3.63, 3.8) is 0 Å². The van der Waals surface area contributed by atoms with Crippen LogP contribution in [0.3, 0.4) is 0 Å². The molecule has 0 amide bonds. The predicted octanol–water partition coefficient (Wildman–Crippen LogP) is 3.08. The van der Waals surface area contributed by atoms with Gasteiger partial charge in [-0.1, -0.05) is 12.1 Å². The van der Waals surface area contributed by atoms with Gasteiger partial charge in [0.1, 0.15) is 11.6 Å². The standard InChI is InChI=1S/C14H16N2OS/c15-17-8-14-16-13(9-18-14)12-6-5-10-3-1-2-4-11(10)7-12/h5-7,9H,1-4,8,15H2. The van der Waals surface area contributed by atoms with Crippen LogP contribution in [0.25, 0.3) is 11.3 Å². The molecule has 0 aliphatic heterocycles. The van der Waals surface area contributed by atoms with Crippen LogP contribution in [-0.4, -0.2) is 4.98 Å². The molecule has 3 nitrogen and oxygen atoms in total. The minimum absolute atomic E-state index is 0.385. The first-order valence-electron chi connectivity index (χ1n) is 6.25. The molecule has 0 fully saturated rings. The fraction of sp³-hybridized carbons (Fsp3) is 0.357. The SMILES string of the molecule is NOCc1nc(-c2ccc3c(c2)CCCC3)cs1. The van der Waals surface area contributed by atoms with Gasteiger partial charge in [-0.05, 0) is 42.9 Å². The lowest BCUT2D eigenvalue weighted by molar-refractivity contribution is 0.124.